The first kappa shape index (κ1) is 17.2. The lowest BCUT2D eigenvalue weighted by atomic mass is 9.87. The number of nitrogens with zero attached hydrogens (tertiary/aromatic N) is 2. The lowest BCUT2D eigenvalue weighted by Crippen LogP contribution is -2.45. The first-order valence-corrected chi connectivity index (χ1v) is 6.26. The van der Waals surface area contributed by atoms with Gasteiger partial charge >= 0.3 is 12.0 Å². The van der Waals surface area contributed by atoms with E-state index in [9.17, 15) is 9.59 Å². The summed E-state index contributed by atoms with van der Waals surface area (Å²) in [5, 5.41) is 20.0. The molecule has 6 nitrogen and oxygen atoms in total. The van der Waals surface area contributed by atoms with E-state index in [1.807, 2.05) is 26.8 Å². The number of carbonyl (C=O) groups excluding carboxylic acids is 1. The van der Waals surface area contributed by atoms with Gasteiger partial charge in [0.1, 0.15) is 0 Å². The summed E-state index contributed by atoms with van der Waals surface area (Å²) in [7, 11) is 1.58. The minimum atomic E-state index is -0.936. The Balaban J connectivity index is 4.50. The number of carboxylic acids is 1. The van der Waals surface area contributed by atoms with E-state index < -0.39 is 12.0 Å². The van der Waals surface area contributed by atoms with Crippen molar-refractivity contribution in [3.05, 3.63) is 0 Å². The number of nitriles is 1. The van der Waals surface area contributed by atoms with Crippen LogP contribution in [0.15, 0.2) is 0 Å². The summed E-state index contributed by atoms with van der Waals surface area (Å²) in [6, 6.07) is 1.21. The lowest BCUT2D eigenvalue weighted by Gasteiger charge is -2.27. The van der Waals surface area contributed by atoms with Gasteiger partial charge in [-0.25, -0.2) is 4.79 Å². The van der Waals surface area contributed by atoms with Crippen molar-refractivity contribution in [1.82, 2.24) is 10.2 Å². The van der Waals surface area contributed by atoms with Crippen molar-refractivity contribution in [2.75, 3.05) is 13.6 Å². The second-order valence-corrected chi connectivity index (χ2v) is 5.84. The van der Waals surface area contributed by atoms with Gasteiger partial charge in [-0.15, -0.1) is 0 Å². The molecule has 108 valence electrons. The highest BCUT2D eigenvalue weighted by Crippen LogP contribution is 2.22. The Morgan fingerprint density at radius 2 is 2.00 bits per heavy atom. The van der Waals surface area contributed by atoms with Crippen LogP contribution in [-0.4, -0.2) is 41.6 Å². The lowest BCUT2D eigenvalue weighted by molar-refractivity contribution is -0.137. The molecule has 0 spiro atoms. The third-order valence-electron chi connectivity index (χ3n) is 2.51. The van der Waals surface area contributed by atoms with Gasteiger partial charge in [-0.3, -0.25) is 4.79 Å². The highest BCUT2D eigenvalue weighted by atomic mass is 16.4. The minimum absolute atomic E-state index is 0.0708. The van der Waals surface area contributed by atoms with Gasteiger partial charge in [-0.05, 0) is 11.8 Å². The van der Waals surface area contributed by atoms with Gasteiger partial charge < -0.3 is 15.3 Å². The molecule has 0 saturated carbocycles. The molecule has 0 aliphatic heterocycles. The quantitative estimate of drug-likeness (QED) is 0.769. The van der Waals surface area contributed by atoms with E-state index in [1.165, 1.54) is 4.90 Å². The van der Waals surface area contributed by atoms with Crippen LogP contribution in [0.4, 0.5) is 4.79 Å². The largest absolute Gasteiger partial charge is 0.481 e. The molecule has 0 aromatic rings. The molecule has 0 saturated heterocycles. The third-order valence-corrected chi connectivity index (χ3v) is 2.51. The standard InChI is InChI=1S/C13H23N3O3/c1-13(2,3)9-10(8-11(17)18)15-12(19)16(4)7-5-6-14/h10H,5,7-9H2,1-4H3,(H,15,19)(H,17,18). The van der Waals surface area contributed by atoms with Crippen molar-refractivity contribution in [2.45, 2.75) is 46.1 Å². The second kappa shape index (κ2) is 7.62. The van der Waals surface area contributed by atoms with E-state index in [2.05, 4.69) is 5.32 Å². The van der Waals surface area contributed by atoms with Gasteiger partial charge in [0, 0.05) is 19.6 Å². The molecule has 1 atom stereocenters. The highest BCUT2D eigenvalue weighted by Gasteiger charge is 2.23. The van der Waals surface area contributed by atoms with Crippen LogP contribution >= 0.6 is 0 Å². The molecular formula is C13H23N3O3. The van der Waals surface area contributed by atoms with Crippen molar-refractivity contribution in [2.24, 2.45) is 5.41 Å². The van der Waals surface area contributed by atoms with Crippen LogP contribution in [0.3, 0.4) is 0 Å². The molecule has 0 heterocycles. The summed E-state index contributed by atoms with van der Waals surface area (Å²) in [6.07, 6.45) is 0.735. The molecule has 0 aliphatic rings. The Morgan fingerprint density at radius 3 is 2.42 bits per heavy atom. The fourth-order valence-corrected chi connectivity index (χ4v) is 1.73. The summed E-state index contributed by atoms with van der Waals surface area (Å²) in [5.41, 5.74) is -0.0708. The fraction of sp³-hybridized carbons (Fsp3) is 0.769. The molecule has 0 radical (unpaired) electrons. The molecule has 0 rings (SSSR count). The molecule has 0 aliphatic carbocycles. The topological polar surface area (TPSA) is 93.4 Å². The fourth-order valence-electron chi connectivity index (χ4n) is 1.73. The SMILES string of the molecule is CN(CCC#N)C(=O)NC(CC(=O)O)CC(C)(C)C. The van der Waals surface area contributed by atoms with Crippen LogP contribution < -0.4 is 5.32 Å². The molecule has 6 heteroatoms. The van der Waals surface area contributed by atoms with Crippen LogP contribution in [0.5, 0.6) is 0 Å². The van der Waals surface area contributed by atoms with E-state index in [4.69, 9.17) is 10.4 Å². The Morgan fingerprint density at radius 1 is 1.42 bits per heavy atom. The van der Waals surface area contributed by atoms with Crippen molar-refractivity contribution in [3.8, 4) is 6.07 Å². The molecule has 0 bridgehead atoms. The number of rotatable bonds is 6. The predicted octanol–water partition coefficient (Wildman–Crippen LogP) is 1.82. The maximum atomic E-state index is 11.8. The van der Waals surface area contributed by atoms with E-state index in [0.717, 1.165) is 0 Å². The smallest absolute Gasteiger partial charge is 0.317 e. The van der Waals surface area contributed by atoms with Crippen LogP contribution in [0.2, 0.25) is 0 Å². The molecule has 0 aromatic carbocycles. The van der Waals surface area contributed by atoms with Gasteiger partial charge in [-0.1, -0.05) is 20.8 Å². The van der Waals surface area contributed by atoms with Gasteiger partial charge in [0.15, 0.2) is 0 Å². The summed E-state index contributed by atoms with van der Waals surface area (Å²) < 4.78 is 0. The summed E-state index contributed by atoms with van der Waals surface area (Å²) in [6.45, 7) is 6.31. The van der Waals surface area contributed by atoms with Crippen molar-refractivity contribution in [1.29, 1.82) is 5.26 Å². The van der Waals surface area contributed by atoms with Crippen LogP contribution in [-0.2, 0) is 4.79 Å². The number of carboxylic acid groups (broad SMARTS) is 1. The number of hydrogen-bond acceptors (Lipinski definition) is 3. The number of carbonyl (C=O) groups is 2. The zero-order valence-corrected chi connectivity index (χ0v) is 12.1. The van der Waals surface area contributed by atoms with Crippen molar-refractivity contribution < 1.29 is 14.7 Å². The van der Waals surface area contributed by atoms with E-state index >= 15 is 0 Å². The van der Waals surface area contributed by atoms with Crippen LogP contribution in [0, 0.1) is 16.7 Å². The number of aliphatic carboxylic acids is 1. The molecule has 0 aromatic heterocycles. The molecule has 1 unspecified atom stereocenters. The van der Waals surface area contributed by atoms with Gasteiger partial charge in [0.25, 0.3) is 0 Å². The number of amides is 2. The number of hydrogen-bond donors (Lipinski definition) is 2. The van der Waals surface area contributed by atoms with Crippen molar-refractivity contribution in [3.63, 3.8) is 0 Å². The Bertz CT molecular complexity index is 355. The predicted molar refractivity (Wildman–Crippen MR) is 71.5 cm³/mol. The Labute approximate surface area is 114 Å². The van der Waals surface area contributed by atoms with E-state index in [-0.39, 0.29) is 24.3 Å². The normalized spacial score (nSPS) is 12.4. The van der Waals surface area contributed by atoms with Crippen molar-refractivity contribution >= 4 is 12.0 Å². The first-order valence-electron chi connectivity index (χ1n) is 6.26. The molecule has 2 amide bonds. The average Bonchev–Trinajstić information content (AvgIpc) is 2.22. The monoisotopic (exact) mass is 269 g/mol. The maximum absolute atomic E-state index is 11.8. The molecular weight excluding hydrogens is 246 g/mol. The summed E-state index contributed by atoms with van der Waals surface area (Å²) >= 11 is 0. The van der Waals surface area contributed by atoms with Gasteiger partial charge in [0.05, 0.1) is 18.9 Å². The minimum Gasteiger partial charge on any atom is -0.481 e. The highest BCUT2D eigenvalue weighted by molar-refractivity contribution is 5.75. The molecule has 2 N–H and O–H groups in total. The number of urea groups is 1. The van der Waals surface area contributed by atoms with Crippen LogP contribution in [0.25, 0.3) is 0 Å². The summed E-state index contributed by atoms with van der Waals surface area (Å²) in [5.74, 6) is -0.936. The van der Waals surface area contributed by atoms with Gasteiger partial charge in [-0.2, -0.15) is 5.26 Å². The Hall–Kier alpha value is -1.77. The van der Waals surface area contributed by atoms with Crippen LogP contribution in [0.1, 0.15) is 40.0 Å². The number of nitrogens with one attached hydrogen (secondary N) is 1. The van der Waals surface area contributed by atoms with E-state index in [0.29, 0.717) is 13.0 Å². The first-order chi connectivity index (χ1) is 8.65. The second-order valence-electron chi connectivity index (χ2n) is 5.84. The zero-order valence-electron chi connectivity index (χ0n) is 12.1. The average molecular weight is 269 g/mol. The molecule has 0 fully saturated rings. The maximum Gasteiger partial charge on any atom is 0.317 e. The zero-order chi connectivity index (χ0) is 15.1. The Kier molecular flexibility index (Phi) is 6.91. The third kappa shape index (κ3) is 8.89. The molecule has 19 heavy (non-hydrogen) atoms. The van der Waals surface area contributed by atoms with E-state index in [1.54, 1.807) is 7.05 Å². The van der Waals surface area contributed by atoms with Gasteiger partial charge in [0.2, 0.25) is 0 Å². The summed E-state index contributed by atoms with van der Waals surface area (Å²) in [4.78, 5) is 24.0.